The van der Waals surface area contributed by atoms with E-state index in [-0.39, 0.29) is 10.3 Å². The summed E-state index contributed by atoms with van der Waals surface area (Å²) in [6.07, 6.45) is 0. The summed E-state index contributed by atoms with van der Waals surface area (Å²) < 4.78 is 17.8. The zero-order valence-electron chi connectivity index (χ0n) is 16.0. The van der Waals surface area contributed by atoms with Gasteiger partial charge in [-0.05, 0) is 36.5 Å². The van der Waals surface area contributed by atoms with Gasteiger partial charge in [-0.25, -0.2) is 4.57 Å². The SMILES string of the molecule is COc1cc(-c2cc(-n3c(=S)[nH]c4ccccc4c3=O)n[nH]2)cc(OC)c1OC. The molecule has 2 N–H and O–H groups in total. The summed E-state index contributed by atoms with van der Waals surface area (Å²) in [5.74, 6) is 1.90. The summed E-state index contributed by atoms with van der Waals surface area (Å²) in [6.45, 7) is 0. The third kappa shape index (κ3) is 3.15. The Hall–Kier alpha value is -3.59. The first-order valence-electron chi connectivity index (χ1n) is 8.67. The molecule has 2 aromatic heterocycles. The van der Waals surface area contributed by atoms with Gasteiger partial charge in [0.2, 0.25) is 5.75 Å². The summed E-state index contributed by atoms with van der Waals surface area (Å²) in [5, 5.41) is 7.75. The van der Waals surface area contributed by atoms with E-state index >= 15 is 0 Å². The van der Waals surface area contributed by atoms with E-state index in [1.807, 2.05) is 12.1 Å². The molecular formula is C20H18N4O4S. The lowest BCUT2D eigenvalue weighted by molar-refractivity contribution is 0.324. The van der Waals surface area contributed by atoms with Crippen LogP contribution in [0.2, 0.25) is 0 Å². The Morgan fingerprint density at radius 3 is 2.34 bits per heavy atom. The smallest absolute Gasteiger partial charge is 0.268 e. The Balaban J connectivity index is 1.86. The first-order chi connectivity index (χ1) is 14.1. The van der Waals surface area contributed by atoms with E-state index in [4.69, 9.17) is 26.4 Å². The molecule has 0 unspecified atom stereocenters. The van der Waals surface area contributed by atoms with Crippen molar-refractivity contribution >= 4 is 23.1 Å². The minimum absolute atomic E-state index is 0.243. The minimum Gasteiger partial charge on any atom is -0.493 e. The quantitative estimate of drug-likeness (QED) is 0.490. The molecule has 0 saturated carbocycles. The number of para-hydroxylation sites is 1. The molecule has 0 saturated heterocycles. The predicted molar refractivity (Wildman–Crippen MR) is 112 cm³/mol. The van der Waals surface area contributed by atoms with Gasteiger partial charge in [-0.15, -0.1) is 0 Å². The van der Waals surface area contributed by atoms with Gasteiger partial charge in [0, 0.05) is 11.6 Å². The van der Waals surface area contributed by atoms with Crippen LogP contribution in [0.5, 0.6) is 17.2 Å². The van der Waals surface area contributed by atoms with E-state index < -0.39 is 0 Å². The molecule has 0 aliphatic heterocycles. The van der Waals surface area contributed by atoms with E-state index in [9.17, 15) is 4.79 Å². The van der Waals surface area contributed by atoms with E-state index in [0.717, 1.165) is 5.56 Å². The van der Waals surface area contributed by atoms with Crippen molar-refractivity contribution < 1.29 is 14.2 Å². The molecule has 29 heavy (non-hydrogen) atoms. The van der Waals surface area contributed by atoms with Gasteiger partial charge < -0.3 is 19.2 Å². The van der Waals surface area contributed by atoms with Gasteiger partial charge in [-0.3, -0.25) is 9.89 Å². The first-order valence-corrected chi connectivity index (χ1v) is 9.08. The summed E-state index contributed by atoms with van der Waals surface area (Å²) in [6, 6.07) is 12.5. The highest BCUT2D eigenvalue weighted by Gasteiger charge is 2.16. The van der Waals surface area contributed by atoms with E-state index in [2.05, 4.69) is 15.2 Å². The zero-order chi connectivity index (χ0) is 20.5. The van der Waals surface area contributed by atoms with Crippen LogP contribution in [-0.2, 0) is 0 Å². The number of methoxy groups -OCH3 is 3. The number of aromatic nitrogens is 4. The molecule has 0 amide bonds. The van der Waals surface area contributed by atoms with Gasteiger partial charge in [-0.1, -0.05) is 12.1 Å². The van der Waals surface area contributed by atoms with Crippen LogP contribution >= 0.6 is 12.2 Å². The van der Waals surface area contributed by atoms with Crippen molar-refractivity contribution in [1.29, 1.82) is 0 Å². The van der Waals surface area contributed by atoms with Crippen molar-refractivity contribution in [2.75, 3.05) is 21.3 Å². The molecule has 0 bridgehead atoms. The second-order valence-corrected chi connectivity index (χ2v) is 6.56. The van der Waals surface area contributed by atoms with Crippen LogP contribution in [0.4, 0.5) is 0 Å². The van der Waals surface area contributed by atoms with E-state index in [0.29, 0.717) is 39.7 Å². The average Bonchev–Trinajstić information content (AvgIpc) is 3.22. The Kier molecular flexibility index (Phi) is 4.81. The fraction of sp³-hybridized carbons (Fsp3) is 0.150. The van der Waals surface area contributed by atoms with Gasteiger partial charge in [0.15, 0.2) is 22.1 Å². The largest absolute Gasteiger partial charge is 0.493 e. The average molecular weight is 410 g/mol. The van der Waals surface area contributed by atoms with Crippen LogP contribution in [0.3, 0.4) is 0 Å². The highest BCUT2D eigenvalue weighted by atomic mass is 32.1. The highest BCUT2D eigenvalue weighted by molar-refractivity contribution is 7.71. The number of hydrogen-bond acceptors (Lipinski definition) is 6. The van der Waals surface area contributed by atoms with E-state index in [1.165, 1.54) is 4.57 Å². The molecule has 148 valence electrons. The molecule has 0 radical (unpaired) electrons. The molecule has 2 heterocycles. The van der Waals surface area contributed by atoms with Crippen molar-refractivity contribution in [3.05, 3.63) is 57.6 Å². The maximum Gasteiger partial charge on any atom is 0.268 e. The van der Waals surface area contributed by atoms with Gasteiger partial charge >= 0.3 is 0 Å². The Labute approximate surface area is 170 Å². The molecular weight excluding hydrogens is 392 g/mol. The van der Waals surface area contributed by atoms with Crippen LogP contribution in [0.25, 0.3) is 28.0 Å². The van der Waals surface area contributed by atoms with Crippen molar-refractivity contribution in [2.24, 2.45) is 0 Å². The first kappa shape index (κ1) is 18.8. The van der Waals surface area contributed by atoms with Gasteiger partial charge in [0.05, 0.1) is 37.9 Å². The maximum atomic E-state index is 12.9. The number of fused-ring (bicyclic) bond motifs is 1. The fourth-order valence-electron chi connectivity index (χ4n) is 3.18. The number of nitrogens with one attached hydrogen (secondary N) is 2. The number of benzene rings is 2. The van der Waals surface area contributed by atoms with Crippen LogP contribution < -0.4 is 19.8 Å². The van der Waals surface area contributed by atoms with Crippen LogP contribution in [0, 0.1) is 4.77 Å². The number of aromatic amines is 2. The Bertz CT molecular complexity index is 1300. The lowest BCUT2D eigenvalue weighted by atomic mass is 10.1. The third-order valence-electron chi connectivity index (χ3n) is 4.57. The fourth-order valence-corrected chi connectivity index (χ4v) is 3.47. The lowest BCUT2D eigenvalue weighted by Gasteiger charge is -2.13. The van der Waals surface area contributed by atoms with Crippen molar-refractivity contribution in [3.8, 4) is 34.3 Å². The molecule has 0 fully saturated rings. The van der Waals surface area contributed by atoms with Gasteiger partial charge in [-0.2, -0.15) is 5.10 Å². The molecule has 4 rings (SSSR count). The topological polar surface area (TPSA) is 94.2 Å². The summed E-state index contributed by atoms with van der Waals surface area (Å²) in [4.78, 5) is 16.0. The molecule has 0 atom stereocenters. The number of hydrogen-bond donors (Lipinski definition) is 2. The van der Waals surface area contributed by atoms with Crippen LogP contribution in [0.15, 0.2) is 47.3 Å². The molecule has 2 aromatic carbocycles. The molecule has 0 spiro atoms. The van der Waals surface area contributed by atoms with Crippen molar-refractivity contribution in [3.63, 3.8) is 0 Å². The number of nitrogens with zero attached hydrogens (tertiary/aromatic N) is 2. The highest BCUT2D eigenvalue weighted by Crippen LogP contribution is 2.40. The van der Waals surface area contributed by atoms with Gasteiger partial charge in [0.25, 0.3) is 5.56 Å². The molecule has 0 aliphatic rings. The standard InChI is InChI=1S/C20H18N4O4S/c1-26-15-8-11(9-16(27-2)18(15)28-3)14-10-17(23-22-14)24-19(25)12-6-4-5-7-13(12)21-20(24)29/h4-10H,1-3H3,(H,21,29)(H,22,23). The molecule has 0 aliphatic carbocycles. The summed E-state index contributed by atoms with van der Waals surface area (Å²) in [5.41, 5.74) is 1.85. The minimum atomic E-state index is -0.243. The second-order valence-electron chi connectivity index (χ2n) is 6.17. The van der Waals surface area contributed by atoms with Crippen LogP contribution in [0.1, 0.15) is 0 Å². The van der Waals surface area contributed by atoms with Gasteiger partial charge in [0.1, 0.15) is 0 Å². The van der Waals surface area contributed by atoms with Crippen LogP contribution in [-0.4, -0.2) is 41.1 Å². The molecule has 4 aromatic rings. The summed E-state index contributed by atoms with van der Waals surface area (Å²) >= 11 is 5.38. The van der Waals surface area contributed by atoms with Crippen molar-refractivity contribution in [1.82, 2.24) is 19.7 Å². The number of ether oxygens (including phenoxy) is 3. The molecule has 8 nitrogen and oxygen atoms in total. The lowest BCUT2D eigenvalue weighted by Crippen LogP contribution is -2.20. The summed E-state index contributed by atoms with van der Waals surface area (Å²) in [7, 11) is 4.64. The van der Waals surface area contributed by atoms with Crippen molar-refractivity contribution in [2.45, 2.75) is 0 Å². The Morgan fingerprint density at radius 1 is 1.00 bits per heavy atom. The maximum absolute atomic E-state index is 12.9. The third-order valence-corrected chi connectivity index (χ3v) is 4.86. The zero-order valence-corrected chi connectivity index (χ0v) is 16.8. The predicted octanol–water partition coefficient (Wildman–Crippen LogP) is 3.46. The molecule has 9 heteroatoms. The number of H-pyrrole nitrogens is 2. The second kappa shape index (κ2) is 7.44. The van der Waals surface area contributed by atoms with E-state index in [1.54, 1.807) is 51.7 Å². The number of rotatable bonds is 5. The monoisotopic (exact) mass is 410 g/mol. The Morgan fingerprint density at radius 2 is 1.69 bits per heavy atom. The normalized spacial score (nSPS) is 10.9.